The molecule has 2 atom stereocenters. The van der Waals surface area contributed by atoms with Gasteiger partial charge in [-0.25, -0.2) is 0 Å². The Morgan fingerprint density at radius 1 is 1.29 bits per heavy atom. The van der Waals surface area contributed by atoms with Crippen LogP contribution in [0.5, 0.6) is 0 Å². The van der Waals surface area contributed by atoms with Crippen LogP contribution >= 0.6 is 0 Å². The van der Waals surface area contributed by atoms with E-state index in [4.69, 9.17) is 0 Å². The third-order valence-electron chi connectivity index (χ3n) is 4.62. The number of hydrogen-bond donors (Lipinski definition) is 1. The van der Waals surface area contributed by atoms with Crippen molar-refractivity contribution in [2.45, 2.75) is 59.9 Å². The fourth-order valence-corrected chi connectivity index (χ4v) is 2.65. The van der Waals surface area contributed by atoms with Crippen molar-refractivity contribution in [2.24, 2.45) is 5.41 Å². The molecule has 0 bridgehead atoms. The summed E-state index contributed by atoms with van der Waals surface area (Å²) in [5.41, 5.74) is 6.18. The van der Waals surface area contributed by atoms with Gasteiger partial charge in [-0.15, -0.1) is 6.58 Å². The molecule has 0 aromatic carbocycles. The van der Waals surface area contributed by atoms with Gasteiger partial charge in [0.2, 0.25) is 0 Å². The monoisotopic (exact) mass is 285 g/mol. The average Bonchev–Trinajstić information content (AvgIpc) is 2.38. The van der Waals surface area contributed by atoms with E-state index in [1.165, 1.54) is 16.7 Å². The first kappa shape index (κ1) is 17.6. The molecule has 0 amide bonds. The summed E-state index contributed by atoms with van der Waals surface area (Å²) in [5, 5.41) is 3.62. The Bertz CT molecular complexity index is 504. The first-order chi connectivity index (χ1) is 9.66. The molecule has 21 heavy (non-hydrogen) atoms. The highest BCUT2D eigenvalue weighted by Crippen LogP contribution is 2.41. The van der Waals surface area contributed by atoms with Gasteiger partial charge in [0.05, 0.1) is 0 Å². The van der Waals surface area contributed by atoms with Crippen LogP contribution in [-0.2, 0) is 0 Å². The highest BCUT2D eigenvalue weighted by Gasteiger charge is 2.31. The number of nitrogens with one attached hydrogen (secondary N) is 1. The van der Waals surface area contributed by atoms with Crippen molar-refractivity contribution in [2.75, 3.05) is 0 Å². The molecule has 0 saturated heterocycles. The minimum Gasteiger partial charge on any atom is -0.382 e. The average molecular weight is 285 g/mol. The van der Waals surface area contributed by atoms with E-state index >= 15 is 0 Å². The molecule has 0 radical (unpaired) electrons. The molecule has 1 aliphatic rings. The third kappa shape index (κ3) is 4.49. The Balaban J connectivity index is 2.80. The highest BCUT2D eigenvalue weighted by molar-refractivity contribution is 5.37. The van der Waals surface area contributed by atoms with Crippen LogP contribution < -0.4 is 5.32 Å². The van der Waals surface area contributed by atoms with E-state index < -0.39 is 0 Å². The zero-order valence-electron chi connectivity index (χ0n) is 14.5. The van der Waals surface area contributed by atoms with E-state index in [1.807, 2.05) is 0 Å². The van der Waals surface area contributed by atoms with Crippen molar-refractivity contribution in [3.05, 3.63) is 59.9 Å². The Labute approximate surface area is 131 Å². The van der Waals surface area contributed by atoms with Crippen molar-refractivity contribution in [1.29, 1.82) is 0 Å². The van der Waals surface area contributed by atoms with Gasteiger partial charge in [-0.05, 0) is 47.0 Å². The summed E-state index contributed by atoms with van der Waals surface area (Å²) >= 11 is 0. The van der Waals surface area contributed by atoms with Crippen molar-refractivity contribution in [1.82, 2.24) is 5.32 Å². The Morgan fingerprint density at radius 3 is 2.38 bits per heavy atom. The fraction of sp³-hybridized carbons (Fsp3) is 0.500. The predicted molar refractivity (Wildman–Crippen MR) is 95.2 cm³/mol. The van der Waals surface area contributed by atoms with Gasteiger partial charge < -0.3 is 5.32 Å². The standard InChI is InChI=1S/C20H31N/c1-14(2)9-10-19(15(3)4)21-18(7)20(8)12-11-16(5)13-17(20)6/h11,13,19,21H,1,3,7,9-10,12H2,2,4-6,8H3. The van der Waals surface area contributed by atoms with Crippen LogP contribution in [0.25, 0.3) is 0 Å². The summed E-state index contributed by atoms with van der Waals surface area (Å²) < 4.78 is 0. The molecule has 1 nitrogen and oxygen atoms in total. The Hall–Kier alpha value is -1.50. The van der Waals surface area contributed by atoms with Gasteiger partial charge in [-0.2, -0.15) is 0 Å². The minimum atomic E-state index is -0.00354. The smallest absolute Gasteiger partial charge is 0.0468 e. The number of rotatable bonds is 7. The molecule has 0 spiro atoms. The van der Waals surface area contributed by atoms with Gasteiger partial charge in [0.1, 0.15) is 0 Å². The van der Waals surface area contributed by atoms with Crippen molar-refractivity contribution >= 4 is 0 Å². The maximum atomic E-state index is 4.33. The van der Waals surface area contributed by atoms with Gasteiger partial charge in [-0.1, -0.05) is 54.5 Å². The maximum Gasteiger partial charge on any atom is 0.0468 e. The quantitative estimate of drug-likeness (QED) is 0.592. The molecule has 0 fully saturated rings. The summed E-state index contributed by atoms with van der Waals surface area (Å²) in [6.45, 7) is 23.2. The van der Waals surface area contributed by atoms with Gasteiger partial charge in [-0.3, -0.25) is 0 Å². The summed E-state index contributed by atoms with van der Waals surface area (Å²) in [4.78, 5) is 0. The maximum absolute atomic E-state index is 4.33. The van der Waals surface area contributed by atoms with Crippen molar-refractivity contribution < 1.29 is 0 Å². The van der Waals surface area contributed by atoms with Crippen LogP contribution in [-0.4, -0.2) is 6.04 Å². The largest absolute Gasteiger partial charge is 0.382 e. The topological polar surface area (TPSA) is 12.0 Å². The molecular weight excluding hydrogens is 254 g/mol. The summed E-state index contributed by atoms with van der Waals surface area (Å²) in [5.74, 6) is 0. The zero-order chi connectivity index (χ0) is 16.2. The molecular formula is C20H31N. The van der Waals surface area contributed by atoms with Crippen molar-refractivity contribution in [3.63, 3.8) is 0 Å². The first-order valence-electron chi connectivity index (χ1n) is 7.78. The zero-order valence-corrected chi connectivity index (χ0v) is 14.5. The van der Waals surface area contributed by atoms with E-state index in [9.17, 15) is 0 Å². The molecule has 2 unspecified atom stereocenters. The lowest BCUT2D eigenvalue weighted by Crippen LogP contribution is -2.37. The first-order valence-corrected chi connectivity index (χ1v) is 7.78. The second kappa shape index (κ2) is 6.98. The fourth-order valence-electron chi connectivity index (χ4n) is 2.65. The summed E-state index contributed by atoms with van der Waals surface area (Å²) in [6, 6.07) is 0.269. The van der Waals surface area contributed by atoms with Crippen LogP contribution in [0.1, 0.15) is 53.9 Å². The molecule has 0 heterocycles. The Morgan fingerprint density at radius 2 is 1.90 bits per heavy atom. The van der Waals surface area contributed by atoms with Gasteiger partial charge in [0.15, 0.2) is 0 Å². The molecule has 0 saturated carbocycles. The lowest BCUT2D eigenvalue weighted by atomic mass is 9.73. The number of allylic oxidation sites excluding steroid dienone is 5. The molecule has 1 N–H and O–H groups in total. The lowest BCUT2D eigenvalue weighted by Gasteiger charge is -2.37. The van der Waals surface area contributed by atoms with E-state index in [2.05, 4.69) is 71.8 Å². The molecule has 116 valence electrons. The van der Waals surface area contributed by atoms with Crippen molar-refractivity contribution in [3.8, 4) is 0 Å². The summed E-state index contributed by atoms with van der Waals surface area (Å²) in [6.07, 6.45) is 7.61. The van der Waals surface area contributed by atoms with Gasteiger partial charge >= 0.3 is 0 Å². The molecule has 1 aliphatic carbocycles. The van der Waals surface area contributed by atoms with Gasteiger partial charge in [0, 0.05) is 17.2 Å². The molecule has 1 rings (SSSR count). The van der Waals surface area contributed by atoms with E-state index in [0.717, 1.165) is 30.5 Å². The second-order valence-electron chi connectivity index (χ2n) is 6.83. The van der Waals surface area contributed by atoms with E-state index in [0.29, 0.717) is 0 Å². The van der Waals surface area contributed by atoms with Crippen LogP contribution in [0.4, 0.5) is 0 Å². The molecule has 0 aliphatic heterocycles. The second-order valence-corrected chi connectivity index (χ2v) is 6.83. The van der Waals surface area contributed by atoms with E-state index in [1.54, 1.807) is 0 Å². The van der Waals surface area contributed by atoms with Crippen LogP contribution in [0, 0.1) is 5.41 Å². The van der Waals surface area contributed by atoms with Crippen LogP contribution in [0.2, 0.25) is 0 Å². The normalized spacial score (nSPS) is 22.9. The van der Waals surface area contributed by atoms with Crippen LogP contribution in [0.15, 0.2) is 59.9 Å². The molecule has 0 aromatic heterocycles. The highest BCUT2D eigenvalue weighted by atomic mass is 14.9. The Kier molecular flexibility index (Phi) is 5.83. The molecule has 1 heteroatoms. The lowest BCUT2D eigenvalue weighted by molar-refractivity contribution is 0.420. The molecule has 0 aromatic rings. The third-order valence-corrected chi connectivity index (χ3v) is 4.62. The summed E-state index contributed by atoms with van der Waals surface area (Å²) in [7, 11) is 0. The van der Waals surface area contributed by atoms with Crippen LogP contribution in [0.3, 0.4) is 0 Å². The van der Waals surface area contributed by atoms with E-state index in [-0.39, 0.29) is 11.5 Å². The SMILES string of the molecule is C=C(C)CCC(NC(=C)C1(C)CC=C(C)C=C1C)C(=C)C. The number of hydrogen-bond acceptors (Lipinski definition) is 1. The minimum absolute atomic E-state index is 0.00354. The predicted octanol–water partition coefficient (Wildman–Crippen LogP) is 5.69. The van der Waals surface area contributed by atoms with Gasteiger partial charge in [0.25, 0.3) is 0 Å².